The van der Waals surface area contributed by atoms with Crippen molar-refractivity contribution in [2.24, 2.45) is 0 Å². The molecule has 1 aliphatic rings. The predicted molar refractivity (Wildman–Crippen MR) is 84.5 cm³/mol. The molecular formula is C14H17ClN4O3S. The van der Waals surface area contributed by atoms with Crippen LogP contribution in [-0.2, 0) is 16.6 Å². The van der Waals surface area contributed by atoms with Crippen LogP contribution in [0.1, 0.15) is 11.7 Å². The Kier molecular flexibility index (Phi) is 4.67. The van der Waals surface area contributed by atoms with Gasteiger partial charge in [0.1, 0.15) is 0 Å². The van der Waals surface area contributed by atoms with Gasteiger partial charge in [-0.25, -0.2) is 8.42 Å². The molecule has 0 spiro atoms. The molecule has 23 heavy (non-hydrogen) atoms. The van der Waals surface area contributed by atoms with Crippen LogP contribution in [0.4, 0.5) is 0 Å². The van der Waals surface area contributed by atoms with Crippen molar-refractivity contribution in [3.8, 4) is 0 Å². The molecule has 0 aliphatic carbocycles. The van der Waals surface area contributed by atoms with Gasteiger partial charge >= 0.3 is 0 Å². The number of halogens is 1. The van der Waals surface area contributed by atoms with Gasteiger partial charge in [0, 0.05) is 31.2 Å². The summed E-state index contributed by atoms with van der Waals surface area (Å²) in [5, 5.41) is 4.27. The van der Waals surface area contributed by atoms with E-state index in [2.05, 4.69) is 15.0 Å². The normalized spacial score (nSPS) is 17.5. The van der Waals surface area contributed by atoms with Crippen molar-refractivity contribution < 1.29 is 12.9 Å². The van der Waals surface area contributed by atoms with Crippen molar-refractivity contribution >= 4 is 21.6 Å². The van der Waals surface area contributed by atoms with E-state index in [0.717, 1.165) is 0 Å². The zero-order chi connectivity index (χ0) is 16.4. The molecule has 1 aliphatic heterocycles. The van der Waals surface area contributed by atoms with E-state index in [1.165, 1.54) is 16.4 Å². The Morgan fingerprint density at radius 2 is 1.83 bits per heavy atom. The fraction of sp³-hybridized carbons (Fsp3) is 0.429. The second-order valence-electron chi connectivity index (χ2n) is 5.37. The standard InChI is InChI=1S/C14H17ClN4O3S/c1-11-16-14(22-17-11)10-18-6-8-19(9-7-18)23(20,21)13-4-2-12(15)3-5-13/h2-5H,6-10H2,1H3. The number of rotatable bonds is 4. The van der Waals surface area contributed by atoms with Crippen molar-refractivity contribution in [1.82, 2.24) is 19.3 Å². The lowest BCUT2D eigenvalue weighted by atomic mass is 10.3. The molecule has 1 aromatic heterocycles. The van der Waals surface area contributed by atoms with Gasteiger partial charge in [-0.2, -0.15) is 9.29 Å². The van der Waals surface area contributed by atoms with Crippen LogP contribution in [0, 0.1) is 6.92 Å². The van der Waals surface area contributed by atoms with Crippen LogP contribution in [0.15, 0.2) is 33.7 Å². The maximum absolute atomic E-state index is 12.6. The average Bonchev–Trinajstić information content (AvgIpc) is 2.93. The number of piperazine rings is 1. The Bertz CT molecular complexity index is 768. The first kappa shape index (κ1) is 16.4. The number of nitrogens with zero attached hydrogens (tertiary/aromatic N) is 4. The van der Waals surface area contributed by atoms with E-state index in [4.69, 9.17) is 16.1 Å². The van der Waals surface area contributed by atoms with E-state index in [0.29, 0.717) is 49.5 Å². The molecule has 0 amide bonds. The number of hydrogen-bond acceptors (Lipinski definition) is 6. The van der Waals surface area contributed by atoms with E-state index >= 15 is 0 Å². The third-order valence-corrected chi connectivity index (χ3v) is 5.88. The first-order chi connectivity index (χ1) is 10.9. The Morgan fingerprint density at radius 1 is 1.17 bits per heavy atom. The summed E-state index contributed by atoms with van der Waals surface area (Å²) in [5.74, 6) is 1.15. The molecule has 9 heteroatoms. The number of benzene rings is 1. The van der Waals surface area contributed by atoms with Crippen LogP contribution in [0.5, 0.6) is 0 Å². The summed E-state index contributed by atoms with van der Waals surface area (Å²) in [6, 6.07) is 6.24. The highest BCUT2D eigenvalue weighted by molar-refractivity contribution is 7.89. The molecule has 1 fully saturated rings. The quantitative estimate of drug-likeness (QED) is 0.826. The second-order valence-corrected chi connectivity index (χ2v) is 7.74. The van der Waals surface area contributed by atoms with Gasteiger partial charge < -0.3 is 4.52 Å². The van der Waals surface area contributed by atoms with Crippen molar-refractivity contribution in [2.75, 3.05) is 26.2 Å². The summed E-state index contributed by atoms with van der Waals surface area (Å²) in [7, 11) is -3.47. The molecule has 1 saturated heterocycles. The van der Waals surface area contributed by atoms with Gasteiger partial charge in [-0.3, -0.25) is 4.90 Å². The van der Waals surface area contributed by atoms with Crippen molar-refractivity contribution in [2.45, 2.75) is 18.4 Å². The van der Waals surface area contributed by atoms with E-state index in [-0.39, 0.29) is 4.90 Å². The highest BCUT2D eigenvalue weighted by Gasteiger charge is 2.28. The Morgan fingerprint density at radius 3 is 2.39 bits per heavy atom. The summed E-state index contributed by atoms with van der Waals surface area (Å²) in [4.78, 5) is 6.53. The first-order valence-electron chi connectivity index (χ1n) is 7.22. The molecule has 124 valence electrons. The zero-order valence-electron chi connectivity index (χ0n) is 12.6. The van der Waals surface area contributed by atoms with Gasteiger partial charge in [-0.05, 0) is 31.2 Å². The molecule has 1 aromatic carbocycles. The van der Waals surface area contributed by atoms with Gasteiger partial charge in [0.05, 0.1) is 11.4 Å². The third kappa shape index (κ3) is 3.72. The Balaban J connectivity index is 1.62. The molecule has 0 radical (unpaired) electrons. The van der Waals surface area contributed by atoms with Crippen LogP contribution in [0.3, 0.4) is 0 Å². The summed E-state index contributed by atoms with van der Waals surface area (Å²) in [6.45, 7) is 4.40. The maximum Gasteiger partial charge on any atom is 0.243 e. The van der Waals surface area contributed by atoms with Gasteiger partial charge in [0.15, 0.2) is 5.82 Å². The smallest absolute Gasteiger partial charge is 0.243 e. The lowest BCUT2D eigenvalue weighted by molar-refractivity contribution is 0.163. The van der Waals surface area contributed by atoms with Crippen molar-refractivity contribution in [3.05, 3.63) is 41.0 Å². The zero-order valence-corrected chi connectivity index (χ0v) is 14.2. The lowest BCUT2D eigenvalue weighted by Crippen LogP contribution is -2.48. The Labute approximate surface area is 139 Å². The minimum absolute atomic E-state index is 0.267. The minimum Gasteiger partial charge on any atom is -0.338 e. The topological polar surface area (TPSA) is 79.5 Å². The van der Waals surface area contributed by atoms with Crippen LogP contribution in [-0.4, -0.2) is 53.9 Å². The second kappa shape index (κ2) is 6.56. The molecule has 0 bridgehead atoms. The highest BCUT2D eigenvalue weighted by atomic mass is 35.5. The number of aromatic nitrogens is 2. The fourth-order valence-corrected chi connectivity index (χ4v) is 4.03. The van der Waals surface area contributed by atoms with Crippen LogP contribution in [0.2, 0.25) is 5.02 Å². The SMILES string of the molecule is Cc1noc(CN2CCN(S(=O)(=O)c3ccc(Cl)cc3)CC2)n1. The van der Waals surface area contributed by atoms with Crippen LogP contribution < -0.4 is 0 Å². The van der Waals surface area contributed by atoms with E-state index in [1.54, 1.807) is 19.1 Å². The fourth-order valence-electron chi connectivity index (χ4n) is 2.48. The van der Waals surface area contributed by atoms with E-state index in [1.807, 2.05) is 0 Å². The van der Waals surface area contributed by atoms with Crippen LogP contribution in [0.25, 0.3) is 0 Å². The summed E-state index contributed by atoms with van der Waals surface area (Å²) in [5.41, 5.74) is 0. The van der Waals surface area contributed by atoms with Gasteiger partial charge in [-0.1, -0.05) is 16.8 Å². The molecule has 7 nitrogen and oxygen atoms in total. The van der Waals surface area contributed by atoms with E-state index in [9.17, 15) is 8.42 Å². The summed E-state index contributed by atoms with van der Waals surface area (Å²) >= 11 is 5.81. The van der Waals surface area contributed by atoms with Gasteiger partial charge in [-0.15, -0.1) is 0 Å². The lowest BCUT2D eigenvalue weighted by Gasteiger charge is -2.33. The van der Waals surface area contributed by atoms with Crippen molar-refractivity contribution in [3.63, 3.8) is 0 Å². The molecule has 2 aromatic rings. The third-order valence-electron chi connectivity index (χ3n) is 3.71. The van der Waals surface area contributed by atoms with Crippen molar-refractivity contribution in [1.29, 1.82) is 0 Å². The molecule has 2 heterocycles. The Hall–Kier alpha value is -1.48. The molecule has 0 atom stereocenters. The number of hydrogen-bond donors (Lipinski definition) is 0. The molecular weight excluding hydrogens is 340 g/mol. The number of sulfonamides is 1. The highest BCUT2D eigenvalue weighted by Crippen LogP contribution is 2.20. The molecule has 0 saturated carbocycles. The minimum atomic E-state index is -3.47. The molecule has 0 N–H and O–H groups in total. The molecule has 3 rings (SSSR count). The predicted octanol–water partition coefficient (Wildman–Crippen LogP) is 1.54. The summed E-state index contributed by atoms with van der Waals surface area (Å²) in [6.07, 6.45) is 0. The molecule has 0 unspecified atom stereocenters. The average molecular weight is 357 g/mol. The van der Waals surface area contributed by atoms with Gasteiger partial charge in [0.25, 0.3) is 0 Å². The number of aryl methyl sites for hydroxylation is 1. The van der Waals surface area contributed by atoms with Crippen LogP contribution >= 0.6 is 11.6 Å². The summed E-state index contributed by atoms with van der Waals surface area (Å²) < 4.78 is 31.8. The first-order valence-corrected chi connectivity index (χ1v) is 9.04. The monoisotopic (exact) mass is 356 g/mol. The largest absolute Gasteiger partial charge is 0.338 e. The van der Waals surface area contributed by atoms with Gasteiger partial charge in [0.2, 0.25) is 15.9 Å². The van der Waals surface area contributed by atoms with E-state index < -0.39 is 10.0 Å². The maximum atomic E-state index is 12.6.